The van der Waals surface area contributed by atoms with E-state index in [2.05, 4.69) is 10.3 Å². The maximum absolute atomic E-state index is 11.2. The van der Waals surface area contributed by atoms with Crippen LogP contribution in [0.15, 0.2) is 11.6 Å². The second-order valence-electron chi connectivity index (χ2n) is 4.29. The molecule has 0 aromatic carbocycles. The van der Waals surface area contributed by atoms with Gasteiger partial charge in [0.15, 0.2) is 0 Å². The summed E-state index contributed by atoms with van der Waals surface area (Å²) in [4.78, 5) is 17.9. The van der Waals surface area contributed by atoms with Crippen molar-refractivity contribution in [3.63, 3.8) is 0 Å². The van der Waals surface area contributed by atoms with E-state index in [9.17, 15) is 10.1 Å². The van der Waals surface area contributed by atoms with Crippen molar-refractivity contribution in [1.82, 2.24) is 14.7 Å². The lowest BCUT2D eigenvalue weighted by atomic mass is 10.3. The van der Waals surface area contributed by atoms with Gasteiger partial charge in [0.25, 0.3) is 4.96 Å². The van der Waals surface area contributed by atoms with Crippen molar-refractivity contribution >= 4 is 27.9 Å². The second kappa shape index (κ2) is 4.21. The molecule has 18 heavy (non-hydrogen) atoms. The predicted molar refractivity (Wildman–Crippen MR) is 69.4 cm³/mol. The zero-order chi connectivity index (χ0) is 12.7. The van der Waals surface area contributed by atoms with Crippen molar-refractivity contribution in [3.05, 3.63) is 21.7 Å². The van der Waals surface area contributed by atoms with Gasteiger partial charge in [0.1, 0.15) is 6.20 Å². The van der Waals surface area contributed by atoms with Gasteiger partial charge in [-0.1, -0.05) is 11.3 Å². The molecule has 3 heterocycles. The molecule has 0 radical (unpaired) electrons. The molecule has 0 aliphatic carbocycles. The molecule has 1 aliphatic rings. The molecule has 8 heteroatoms. The largest absolute Gasteiger partial charge is 0.373 e. The molecule has 2 aromatic heterocycles. The van der Waals surface area contributed by atoms with Gasteiger partial charge in [-0.2, -0.15) is 9.38 Å². The number of nitrogens with one attached hydrogen (secondary N) is 1. The molecule has 0 spiro atoms. The molecule has 1 aliphatic heterocycles. The molecule has 0 amide bonds. The van der Waals surface area contributed by atoms with Crippen LogP contribution in [0.2, 0.25) is 0 Å². The number of hydrogen-bond acceptors (Lipinski definition) is 6. The molecule has 1 N–H and O–H groups in total. The van der Waals surface area contributed by atoms with Crippen molar-refractivity contribution < 1.29 is 4.92 Å². The van der Waals surface area contributed by atoms with Crippen LogP contribution in [0.5, 0.6) is 0 Å². The number of likely N-dealkylation sites (N-methyl/N-ethyl adjacent to an activating group) is 1. The average molecular weight is 267 g/mol. The molecule has 7 nitrogen and oxygen atoms in total. The summed E-state index contributed by atoms with van der Waals surface area (Å²) in [6, 6.07) is 0.379. The highest BCUT2D eigenvalue weighted by atomic mass is 32.1. The number of hydrogen-bond donors (Lipinski definition) is 1. The first kappa shape index (κ1) is 11.4. The van der Waals surface area contributed by atoms with Crippen LogP contribution in [-0.2, 0) is 0 Å². The Morgan fingerprint density at radius 1 is 1.67 bits per heavy atom. The third kappa shape index (κ3) is 1.65. The van der Waals surface area contributed by atoms with Gasteiger partial charge < -0.3 is 20.3 Å². The van der Waals surface area contributed by atoms with Gasteiger partial charge in [-0.25, -0.2) is 0 Å². The van der Waals surface area contributed by atoms with Crippen LogP contribution < -0.4 is 10.2 Å². The normalized spacial score (nSPS) is 19.8. The summed E-state index contributed by atoms with van der Waals surface area (Å²) < 4.78 is 1.55. The summed E-state index contributed by atoms with van der Waals surface area (Å²) in [5.41, 5.74) is 0. The number of anilines is 1. The fraction of sp³-hybridized carbons (Fsp3) is 0.500. The molecule has 1 fully saturated rings. The lowest BCUT2D eigenvalue weighted by molar-refractivity contribution is -0.389. The van der Waals surface area contributed by atoms with E-state index in [1.54, 1.807) is 16.0 Å². The average Bonchev–Trinajstić information content (AvgIpc) is 3.02. The number of rotatable bonds is 3. The van der Waals surface area contributed by atoms with E-state index < -0.39 is 0 Å². The summed E-state index contributed by atoms with van der Waals surface area (Å²) in [5, 5.41) is 16.2. The van der Waals surface area contributed by atoms with E-state index in [4.69, 9.17) is 0 Å². The predicted octanol–water partition coefficient (Wildman–Crippen LogP) is 1.10. The minimum absolute atomic E-state index is 0.0722. The highest BCUT2D eigenvalue weighted by molar-refractivity contribution is 7.15. The Bertz CT molecular complexity index is 592. The minimum Gasteiger partial charge on any atom is -0.358 e. The van der Waals surface area contributed by atoms with Crippen molar-refractivity contribution in [2.75, 3.05) is 25.0 Å². The van der Waals surface area contributed by atoms with Gasteiger partial charge in [-0.3, -0.25) is 0 Å². The maximum Gasteiger partial charge on any atom is 0.373 e. The second-order valence-corrected chi connectivity index (χ2v) is 5.17. The summed E-state index contributed by atoms with van der Waals surface area (Å²) in [7, 11) is 1.91. The lowest BCUT2D eigenvalue weighted by Gasteiger charge is -2.14. The van der Waals surface area contributed by atoms with Crippen LogP contribution in [-0.4, -0.2) is 40.5 Å². The molecular formula is C10H13N5O2S. The smallest absolute Gasteiger partial charge is 0.358 e. The van der Waals surface area contributed by atoms with E-state index in [1.807, 2.05) is 11.9 Å². The fourth-order valence-corrected chi connectivity index (χ4v) is 3.04. The number of nitrogens with zero attached hydrogens (tertiary/aromatic N) is 4. The first-order valence-electron chi connectivity index (χ1n) is 5.73. The Morgan fingerprint density at radius 3 is 3.17 bits per heavy atom. The third-order valence-electron chi connectivity index (χ3n) is 3.29. The van der Waals surface area contributed by atoms with Crippen LogP contribution in [0.3, 0.4) is 0 Å². The van der Waals surface area contributed by atoms with Crippen molar-refractivity contribution in [2.24, 2.45) is 0 Å². The molecule has 1 atom stereocenters. The molecular weight excluding hydrogens is 254 g/mol. The van der Waals surface area contributed by atoms with Crippen LogP contribution in [0.1, 0.15) is 6.42 Å². The fourth-order valence-electron chi connectivity index (χ4n) is 2.33. The van der Waals surface area contributed by atoms with Gasteiger partial charge in [-0.15, -0.1) is 0 Å². The van der Waals surface area contributed by atoms with Crippen molar-refractivity contribution in [1.29, 1.82) is 0 Å². The number of thiazole rings is 1. The quantitative estimate of drug-likeness (QED) is 0.666. The summed E-state index contributed by atoms with van der Waals surface area (Å²) in [5.74, 6) is 0.563. The monoisotopic (exact) mass is 267 g/mol. The zero-order valence-electron chi connectivity index (χ0n) is 9.87. The molecule has 2 aromatic rings. The Kier molecular flexibility index (Phi) is 2.67. The van der Waals surface area contributed by atoms with Gasteiger partial charge in [-0.05, 0) is 18.4 Å². The molecule has 1 saturated heterocycles. The van der Waals surface area contributed by atoms with Gasteiger partial charge in [0.05, 0.1) is 0 Å². The maximum atomic E-state index is 11.2. The summed E-state index contributed by atoms with van der Waals surface area (Å²) >= 11 is 1.41. The van der Waals surface area contributed by atoms with Crippen LogP contribution >= 0.6 is 11.3 Å². The zero-order valence-corrected chi connectivity index (χ0v) is 10.7. The van der Waals surface area contributed by atoms with Crippen LogP contribution in [0.4, 0.5) is 11.6 Å². The van der Waals surface area contributed by atoms with E-state index in [0.717, 1.165) is 19.5 Å². The van der Waals surface area contributed by atoms with E-state index >= 15 is 0 Å². The molecule has 0 bridgehead atoms. The minimum atomic E-state index is -0.352. The topological polar surface area (TPSA) is 75.7 Å². The number of nitro groups is 1. The van der Waals surface area contributed by atoms with E-state index in [0.29, 0.717) is 16.8 Å². The lowest BCUT2D eigenvalue weighted by Crippen LogP contribution is -2.29. The van der Waals surface area contributed by atoms with Gasteiger partial charge >= 0.3 is 5.82 Å². The summed E-state index contributed by atoms with van der Waals surface area (Å²) in [6.07, 6.45) is 2.68. The Hall–Kier alpha value is -1.67. The van der Waals surface area contributed by atoms with Crippen LogP contribution in [0, 0.1) is 10.1 Å². The van der Waals surface area contributed by atoms with Gasteiger partial charge in [0, 0.05) is 24.5 Å². The SMILES string of the molecule is CNC1CCN(c2nc3sccn3c2[N+](=O)[O-])C1. The van der Waals surface area contributed by atoms with Crippen LogP contribution in [0.25, 0.3) is 4.96 Å². The number of imidazole rings is 1. The van der Waals surface area contributed by atoms with Gasteiger partial charge in [0.2, 0.25) is 5.82 Å². The Balaban J connectivity index is 2.03. The first-order chi connectivity index (χ1) is 8.70. The molecule has 96 valence electrons. The molecule has 0 saturated carbocycles. The Morgan fingerprint density at radius 2 is 2.50 bits per heavy atom. The summed E-state index contributed by atoms with van der Waals surface area (Å²) in [6.45, 7) is 1.57. The highest BCUT2D eigenvalue weighted by Gasteiger charge is 2.31. The third-order valence-corrected chi connectivity index (χ3v) is 4.04. The standard InChI is InChI=1S/C10H13N5O2S/c1-11-7-2-3-13(6-7)8-9(15(16)17)14-4-5-18-10(14)12-8/h4-5,7,11H,2-3,6H2,1H3. The first-order valence-corrected chi connectivity index (χ1v) is 6.61. The molecule has 1 unspecified atom stereocenters. The van der Waals surface area contributed by atoms with E-state index in [-0.39, 0.29) is 10.7 Å². The van der Waals surface area contributed by atoms with E-state index in [1.165, 1.54) is 11.3 Å². The Labute approximate surface area is 107 Å². The number of fused-ring (bicyclic) bond motifs is 1. The van der Waals surface area contributed by atoms with Crippen molar-refractivity contribution in [3.8, 4) is 0 Å². The van der Waals surface area contributed by atoms with Crippen molar-refractivity contribution in [2.45, 2.75) is 12.5 Å². The number of aromatic nitrogens is 2. The molecule has 3 rings (SSSR count). The highest BCUT2D eigenvalue weighted by Crippen LogP contribution is 2.32.